The molecule has 0 amide bonds. The summed E-state index contributed by atoms with van der Waals surface area (Å²) in [6.07, 6.45) is 1.12. The maximum absolute atomic E-state index is 5.98. The molecule has 118 valence electrons. The van der Waals surface area contributed by atoms with E-state index in [1.54, 1.807) is 0 Å². The van der Waals surface area contributed by atoms with E-state index in [1.165, 1.54) is 0 Å². The van der Waals surface area contributed by atoms with Gasteiger partial charge in [0.05, 0.1) is 6.10 Å². The molecule has 0 aliphatic heterocycles. The summed E-state index contributed by atoms with van der Waals surface area (Å²) in [5.41, 5.74) is 1.97. The fraction of sp³-hybridized carbons (Fsp3) is 0.250. The molecule has 0 bridgehead atoms. The fourth-order valence-electron chi connectivity index (χ4n) is 2.31. The van der Waals surface area contributed by atoms with E-state index in [2.05, 4.69) is 18.8 Å². The van der Waals surface area contributed by atoms with Crippen LogP contribution in [0.3, 0.4) is 0 Å². The van der Waals surface area contributed by atoms with E-state index in [0.29, 0.717) is 12.5 Å². The van der Waals surface area contributed by atoms with Crippen LogP contribution in [0.25, 0.3) is 10.9 Å². The summed E-state index contributed by atoms with van der Waals surface area (Å²) >= 11 is 0. The van der Waals surface area contributed by atoms with Crippen LogP contribution in [0.15, 0.2) is 60.7 Å². The molecule has 3 rings (SSSR count). The van der Waals surface area contributed by atoms with Gasteiger partial charge in [-0.1, -0.05) is 49.4 Å². The second-order valence-corrected chi connectivity index (χ2v) is 5.59. The average Bonchev–Trinajstić information content (AvgIpc) is 2.61. The van der Waals surface area contributed by atoms with E-state index >= 15 is 0 Å². The minimum atomic E-state index is 0.163. The van der Waals surface area contributed by atoms with Crippen LogP contribution in [0, 0.1) is 0 Å². The zero-order chi connectivity index (χ0) is 16.1. The Labute approximate surface area is 136 Å². The van der Waals surface area contributed by atoms with Gasteiger partial charge in [0.15, 0.2) is 0 Å². The van der Waals surface area contributed by atoms with E-state index in [-0.39, 0.29) is 6.10 Å². The van der Waals surface area contributed by atoms with Crippen LogP contribution in [-0.2, 0) is 6.61 Å². The SMILES string of the molecule is CCC(C)Oc1cccc2ccc(OCc3ccccc3)nc12. The fourth-order valence-corrected chi connectivity index (χ4v) is 2.31. The van der Waals surface area contributed by atoms with Crippen LogP contribution in [0.1, 0.15) is 25.8 Å². The summed E-state index contributed by atoms with van der Waals surface area (Å²) < 4.78 is 11.8. The second-order valence-electron chi connectivity index (χ2n) is 5.59. The maximum atomic E-state index is 5.98. The monoisotopic (exact) mass is 307 g/mol. The highest BCUT2D eigenvalue weighted by Crippen LogP contribution is 2.27. The molecule has 23 heavy (non-hydrogen) atoms. The zero-order valence-corrected chi connectivity index (χ0v) is 13.5. The largest absolute Gasteiger partial charge is 0.488 e. The summed E-state index contributed by atoms with van der Waals surface area (Å²) in [5, 5.41) is 1.05. The van der Waals surface area contributed by atoms with Gasteiger partial charge in [0.1, 0.15) is 17.9 Å². The van der Waals surface area contributed by atoms with Crippen LogP contribution >= 0.6 is 0 Å². The number of nitrogens with zero attached hydrogens (tertiary/aromatic N) is 1. The van der Waals surface area contributed by atoms with Crippen molar-refractivity contribution >= 4 is 10.9 Å². The van der Waals surface area contributed by atoms with Crippen molar-refractivity contribution in [3.63, 3.8) is 0 Å². The summed E-state index contributed by atoms with van der Waals surface area (Å²) in [4.78, 5) is 4.63. The number of fused-ring (bicyclic) bond motifs is 1. The first-order valence-corrected chi connectivity index (χ1v) is 7.99. The normalized spacial score (nSPS) is 12.1. The minimum absolute atomic E-state index is 0.163. The summed E-state index contributed by atoms with van der Waals surface area (Å²) in [5.74, 6) is 1.42. The molecular formula is C20H21NO2. The first kappa shape index (κ1) is 15.3. The van der Waals surface area contributed by atoms with Crippen molar-refractivity contribution in [1.29, 1.82) is 0 Å². The quantitative estimate of drug-likeness (QED) is 0.643. The van der Waals surface area contributed by atoms with E-state index in [0.717, 1.165) is 28.6 Å². The van der Waals surface area contributed by atoms with Crippen LogP contribution in [0.2, 0.25) is 0 Å². The van der Waals surface area contributed by atoms with Crippen LogP contribution in [0.4, 0.5) is 0 Å². The van der Waals surface area contributed by atoms with Gasteiger partial charge in [-0.2, -0.15) is 0 Å². The first-order valence-electron chi connectivity index (χ1n) is 7.99. The number of aromatic nitrogens is 1. The molecule has 1 atom stereocenters. The number of hydrogen-bond donors (Lipinski definition) is 0. The van der Waals surface area contributed by atoms with Crippen LogP contribution in [-0.4, -0.2) is 11.1 Å². The topological polar surface area (TPSA) is 31.4 Å². The molecule has 0 spiro atoms. The zero-order valence-electron chi connectivity index (χ0n) is 13.5. The molecule has 0 aliphatic carbocycles. The number of benzene rings is 2. The number of ether oxygens (including phenoxy) is 2. The summed E-state index contributed by atoms with van der Waals surface area (Å²) in [6, 6.07) is 20.0. The molecule has 1 unspecified atom stereocenters. The molecule has 0 saturated heterocycles. The Kier molecular flexibility index (Phi) is 4.77. The smallest absolute Gasteiger partial charge is 0.214 e. The Bertz CT molecular complexity index is 771. The van der Waals surface area contributed by atoms with Crippen molar-refractivity contribution in [2.75, 3.05) is 0 Å². The number of pyridine rings is 1. The molecule has 3 nitrogen and oxygen atoms in total. The molecule has 3 aromatic rings. The lowest BCUT2D eigenvalue weighted by atomic mass is 10.2. The second kappa shape index (κ2) is 7.14. The highest BCUT2D eigenvalue weighted by Gasteiger charge is 2.08. The van der Waals surface area contributed by atoms with Crippen molar-refractivity contribution in [1.82, 2.24) is 4.98 Å². The van der Waals surface area contributed by atoms with Gasteiger partial charge in [-0.25, -0.2) is 4.98 Å². The van der Waals surface area contributed by atoms with Crippen LogP contribution < -0.4 is 9.47 Å². The van der Waals surface area contributed by atoms with Crippen molar-refractivity contribution in [2.45, 2.75) is 33.0 Å². The van der Waals surface area contributed by atoms with Crippen molar-refractivity contribution in [3.8, 4) is 11.6 Å². The number of para-hydroxylation sites is 1. The van der Waals surface area contributed by atoms with E-state index in [4.69, 9.17) is 9.47 Å². The Morgan fingerprint density at radius 2 is 1.78 bits per heavy atom. The lowest BCUT2D eigenvalue weighted by molar-refractivity contribution is 0.219. The third kappa shape index (κ3) is 3.81. The van der Waals surface area contributed by atoms with Crippen molar-refractivity contribution < 1.29 is 9.47 Å². The molecule has 0 radical (unpaired) electrons. The Balaban J connectivity index is 1.83. The molecule has 3 heteroatoms. The average molecular weight is 307 g/mol. The third-order valence-corrected chi connectivity index (χ3v) is 3.79. The number of rotatable bonds is 6. The lowest BCUT2D eigenvalue weighted by Crippen LogP contribution is -2.10. The van der Waals surface area contributed by atoms with Gasteiger partial charge in [-0.05, 0) is 31.0 Å². The number of hydrogen-bond acceptors (Lipinski definition) is 3. The van der Waals surface area contributed by atoms with Crippen molar-refractivity contribution in [3.05, 3.63) is 66.2 Å². The van der Waals surface area contributed by atoms with E-state index in [9.17, 15) is 0 Å². The Morgan fingerprint density at radius 1 is 0.957 bits per heavy atom. The predicted molar refractivity (Wildman–Crippen MR) is 92.9 cm³/mol. The van der Waals surface area contributed by atoms with Crippen LogP contribution in [0.5, 0.6) is 11.6 Å². The highest BCUT2D eigenvalue weighted by atomic mass is 16.5. The van der Waals surface area contributed by atoms with Gasteiger partial charge in [-0.3, -0.25) is 0 Å². The van der Waals surface area contributed by atoms with Gasteiger partial charge in [0.2, 0.25) is 5.88 Å². The minimum Gasteiger partial charge on any atom is -0.488 e. The molecule has 1 aromatic heterocycles. The summed E-state index contributed by atoms with van der Waals surface area (Å²) in [6.45, 7) is 4.68. The van der Waals surface area contributed by atoms with Gasteiger partial charge in [-0.15, -0.1) is 0 Å². The molecule has 1 heterocycles. The molecular weight excluding hydrogens is 286 g/mol. The third-order valence-electron chi connectivity index (χ3n) is 3.79. The standard InChI is InChI=1S/C20H21NO2/c1-3-15(2)23-18-11-7-10-17-12-13-19(21-20(17)18)22-14-16-8-5-4-6-9-16/h4-13,15H,3,14H2,1-2H3. The van der Waals surface area contributed by atoms with E-state index < -0.39 is 0 Å². The molecule has 0 saturated carbocycles. The molecule has 0 aliphatic rings. The van der Waals surface area contributed by atoms with E-state index in [1.807, 2.05) is 60.7 Å². The molecule has 0 fully saturated rings. The Hall–Kier alpha value is -2.55. The first-order chi connectivity index (χ1) is 11.3. The van der Waals surface area contributed by atoms with Gasteiger partial charge >= 0.3 is 0 Å². The predicted octanol–water partition coefficient (Wildman–Crippen LogP) is 4.99. The van der Waals surface area contributed by atoms with Crippen molar-refractivity contribution in [2.24, 2.45) is 0 Å². The van der Waals surface area contributed by atoms with Gasteiger partial charge in [0.25, 0.3) is 0 Å². The maximum Gasteiger partial charge on any atom is 0.214 e. The Morgan fingerprint density at radius 3 is 2.57 bits per heavy atom. The molecule has 2 aromatic carbocycles. The lowest BCUT2D eigenvalue weighted by Gasteiger charge is -2.14. The highest BCUT2D eigenvalue weighted by molar-refractivity contribution is 5.84. The summed E-state index contributed by atoms with van der Waals surface area (Å²) in [7, 11) is 0. The van der Waals surface area contributed by atoms with Gasteiger partial charge in [0, 0.05) is 11.5 Å². The molecule has 0 N–H and O–H groups in total. The van der Waals surface area contributed by atoms with Gasteiger partial charge < -0.3 is 9.47 Å².